The summed E-state index contributed by atoms with van der Waals surface area (Å²) in [6.07, 6.45) is 4.21. The SMILES string of the molecule is COc1ccc(OC)c(C2C3CCCCC3(O)CCN2C(=O)C2c3ccccc3Oc3ccccc32)c1. The topological polar surface area (TPSA) is 68.2 Å². The molecule has 3 atom stereocenters. The first-order valence-electron chi connectivity index (χ1n) is 13.1. The van der Waals surface area contributed by atoms with Crippen LogP contribution in [0.4, 0.5) is 0 Å². The number of carbonyl (C=O) groups is 1. The van der Waals surface area contributed by atoms with Crippen molar-refractivity contribution in [2.45, 2.75) is 49.7 Å². The van der Waals surface area contributed by atoms with Crippen molar-refractivity contribution in [1.82, 2.24) is 4.90 Å². The summed E-state index contributed by atoms with van der Waals surface area (Å²) in [5.41, 5.74) is 1.81. The molecule has 1 N–H and O–H groups in total. The number of rotatable bonds is 4. The van der Waals surface area contributed by atoms with Crippen molar-refractivity contribution in [3.05, 3.63) is 83.4 Å². The van der Waals surface area contributed by atoms with E-state index in [0.717, 1.165) is 42.4 Å². The van der Waals surface area contributed by atoms with Crippen molar-refractivity contribution in [3.8, 4) is 23.0 Å². The van der Waals surface area contributed by atoms with Crippen LogP contribution in [-0.4, -0.2) is 42.3 Å². The van der Waals surface area contributed by atoms with Crippen LogP contribution in [-0.2, 0) is 4.79 Å². The number of piperidine rings is 1. The van der Waals surface area contributed by atoms with Gasteiger partial charge in [0.05, 0.1) is 31.8 Å². The molecule has 0 aromatic heterocycles. The van der Waals surface area contributed by atoms with Crippen LogP contribution in [0.15, 0.2) is 66.7 Å². The molecule has 0 bridgehead atoms. The maximum Gasteiger partial charge on any atom is 0.235 e. The molecule has 2 fully saturated rings. The van der Waals surface area contributed by atoms with Gasteiger partial charge in [-0.3, -0.25) is 4.79 Å². The minimum Gasteiger partial charge on any atom is -0.497 e. The summed E-state index contributed by atoms with van der Waals surface area (Å²) in [5.74, 6) is 2.26. The number of fused-ring (bicyclic) bond motifs is 3. The van der Waals surface area contributed by atoms with Crippen LogP contribution in [0.2, 0.25) is 0 Å². The molecule has 6 rings (SSSR count). The number of nitrogens with zero attached hydrogens (tertiary/aromatic N) is 1. The molecule has 1 amide bonds. The van der Waals surface area contributed by atoms with Crippen LogP contribution < -0.4 is 14.2 Å². The number of methoxy groups -OCH3 is 2. The average molecular weight is 500 g/mol. The van der Waals surface area contributed by atoms with Crippen molar-refractivity contribution in [2.24, 2.45) is 5.92 Å². The van der Waals surface area contributed by atoms with E-state index in [4.69, 9.17) is 14.2 Å². The van der Waals surface area contributed by atoms with Gasteiger partial charge in [0.25, 0.3) is 0 Å². The van der Waals surface area contributed by atoms with E-state index in [-0.39, 0.29) is 17.9 Å². The van der Waals surface area contributed by atoms with Crippen molar-refractivity contribution >= 4 is 5.91 Å². The molecule has 3 aromatic rings. The number of aliphatic hydroxyl groups is 1. The van der Waals surface area contributed by atoms with Crippen LogP contribution in [0.25, 0.3) is 0 Å². The van der Waals surface area contributed by atoms with Gasteiger partial charge in [-0.1, -0.05) is 49.2 Å². The van der Waals surface area contributed by atoms with Crippen LogP contribution in [0, 0.1) is 5.92 Å². The lowest BCUT2D eigenvalue weighted by Gasteiger charge is -2.53. The Morgan fingerprint density at radius 2 is 1.62 bits per heavy atom. The van der Waals surface area contributed by atoms with E-state index in [2.05, 4.69) is 0 Å². The number of likely N-dealkylation sites (tertiary alicyclic amines) is 1. The van der Waals surface area contributed by atoms with Gasteiger partial charge in [0, 0.05) is 29.2 Å². The van der Waals surface area contributed by atoms with Crippen molar-refractivity contribution < 1.29 is 24.1 Å². The summed E-state index contributed by atoms with van der Waals surface area (Å²) in [7, 11) is 3.29. The summed E-state index contributed by atoms with van der Waals surface area (Å²) in [6.45, 7) is 0.471. The summed E-state index contributed by atoms with van der Waals surface area (Å²) < 4.78 is 17.6. The lowest BCUT2D eigenvalue weighted by Crippen LogP contribution is -2.57. The van der Waals surface area contributed by atoms with Gasteiger partial charge in [0.15, 0.2) is 0 Å². The molecular formula is C31H33NO5. The minimum absolute atomic E-state index is 0.0192. The predicted octanol–water partition coefficient (Wildman–Crippen LogP) is 5.84. The minimum atomic E-state index is -0.806. The second-order valence-electron chi connectivity index (χ2n) is 10.4. The third-order valence-electron chi connectivity index (χ3n) is 8.53. The smallest absolute Gasteiger partial charge is 0.235 e. The van der Waals surface area contributed by atoms with Crippen LogP contribution in [0.1, 0.15) is 60.8 Å². The Morgan fingerprint density at radius 3 is 2.30 bits per heavy atom. The van der Waals surface area contributed by atoms with Crippen LogP contribution in [0.3, 0.4) is 0 Å². The number of benzene rings is 3. The fourth-order valence-electron chi connectivity index (χ4n) is 6.73. The molecule has 37 heavy (non-hydrogen) atoms. The van der Waals surface area contributed by atoms with Gasteiger partial charge in [-0.2, -0.15) is 0 Å². The third-order valence-corrected chi connectivity index (χ3v) is 8.53. The molecule has 1 aliphatic carbocycles. The molecule has 0 spiro atoms. The fourth-order valence-corrected chi connectivity index (χ4v) is 6.73. The molecule has 2 heterocycles. The number of carbonyl (C=O) groups excluding carboxylic acids is 1. The first kappa shape index (κ1) is 23.9. The van der Waals surface area contributed by atoms with E-state index >= 15 is 0 Å². The number of amides is 1. The number of hydrogen-bond donors (Lipinski definition) is 1. The quantitative estimate of drug-likeness (QED) is 0.489. The van der Waals surface area contributed by atoms with Crippen molar-refractivity contribution in [2.75, 3.05) is 20.8 Å². The number of ether oxygens (including phenoxy) is 3. The molecule has 1 saturated carbocycles. The highest BCUT2D eigenvalue weighted by atomic mass is 16.5. The number of para-hydroxylation sites is 2. The molecule has 3 aliphatic rings. The Balaban J connectivity index is 1.50. The first-order valence-corrected chi connectivity index (χ1v) is 13.1. The van der Waals surface area contributed by atoms with E-state index < -0.39 is 11.5 Å². The lowest BCUT2D eigenvalue weighted by atomic mass is 9.65. The number of hydrogen-bond acceptors (Lipinski definition) is 5. The van der Waals surface area contributed by atoms with Gasteiger partial charge in [-0.15, -0.1) is 0 Å². The lowest BCUT2D eigenvalue weighted by molar-refractivity contribution is -0.156. The highest BCUT2D eigenvalue weighted by Gasteiger charge is 2.52. The van der Waals surface area contributed by atoms with Crippen LogP contribution >= 0.6 is 0 Å². The Kier molecular flexibility index (Phi) is 6.07. The van der Waals surface area contributed by atoms with E-state index in [1.807, 2.05) is 71.6 Å². The first-order chi connectivity index (χ1) is 18.0. The molecule has 0 radical (unpaired) electrons. The maximum atomic E-state index is 14.7. The van der Waals surface area contributed by atoms with Gasteiger partial charge in [0.2, 0.25) is 5.91 Å². The van der Waals surface area contributed by atoms with E-state index in [1.54, 1.807) is 14.2 Å². The van der Waals surface area contributed by atoms with E-state index in [9.17, 15) is 9.90 Å². The molecule has 3 unspecified atom stereocenters. The third kappa shape index (κ3) is 3.95. The highest BCUT2D eigenvalue weighted by Crippen LogP contribution is 2.53. The zero-order chi connectivity index (χ0) is 25.6. The fraction of sp³-hybridized carbons (Fsp3) is 0.387. The second-order valence-corrected chi connectivity index (χ2v) is 10.4. The van der Waals surface area contributed by atoms with Gasteiger partial charge in [-0.05, 0) is 49.6 Å². The maximum absolute atomic E-state index is 14.7. The predicted molar refractivity (Wildman–Crippen MR) is 140 cm³/mol. The Hall–Kier alpha value is -3.51. The van der Waals surface area contributed by atoms with Gasteiger partial charge < -0.3 is 24.2 Å². The van der Waals surface area contributed by atoms with Gasteiger partial charge in [-0.25, -0.2) is 0 Å². The van der Waals surface area contributed by atoms with Crippen molar-refractivity contribution in [1.29, 1.82) is 0 Å². The van der Waals surface area contributed by atoms with Crippen LogP contribution in [0.5, 0.6) is 23.0 Å². The van der Waals surface area contributed by atoms with Gasteiger partial charge in [0.1, 0.15) is 23.0 Å². The molecule has 6 heteroatoms. The molecular weight excluding hydrogens is 466 g/mol. The van der Waals surface area contributed by atoms with Crippen molar-refractivity contribution in [3.63, 3.8) is 0 Å². The largest absolute Gasteiger partial charge is 0.497 e. The van der Waals surface area contributed by atoms with E-state index in [0.29, 0.717) is 36.0 Å². The van der Waals surface area contributed by atoms with Gasteiger partial charge >= 0.3 is 0 Å². The summed E-state index contributed by atoms with van der Waals surface area (Å²) in [5, 5.41) is 11.8. The molecule has 3 aromatic carbocycles. The molecule has 1 saturated heterocycles. The zero-order valence-electron chi connectivity index (χ0n) is 21.4. The summed E-state index contributed by atoms with van der Waals surface area (Å²) in [6, 6.07) is 21.0. The second kappa shape index (κ2) is 9.42. The Morgan fingerprint density at radius 1 is 0.919 bits per heavy atom. The van der Waals surface area contributed by atoms with E-state index in [1.165, 1.54) is 0 Å². The monoisotopic (exact) mass is 499 g/mol. The normalized spacial score (nSPS) is 24.8. The molecule has 6 nitrogen and oxygen atoms in total. The molecule has 192 valence electrons. The molecule has 2 aliphatic heterocycles. The highest BCUT2D eigenvalue weighted by molar-refractivity contribution is 5.90. The Labute approximate surface area is 217 Å². The Bertz CT molecular complexity index is 1280. The summed E-state index contributed by atoms with van der Waals surface area (Å²) in [4.78, 5) is 16.7. The summed E-state index contributed by atoms with van der Waals surface area (Å²) >= 11 is 0. The standard InChI is InChI=1S/C31H33NO5/c1-35-20-14-15-25(36-2)23(19-20)29-24-11-7-8-16-31(24,34)17-18-32(29)30(33)28-21-9-3-5-12-26(21)37-27-13-6-4-10-22(27)28/h3-6,9-10,12-15,19,24,28-29,34H,7-8,11,16-18H2,1-2H3. The zero-order valence-corrected chi connectivity index (χ0v) is 21.4. The average Bonchev–Trinajstić information content (AvgIpc) is 2.94.